The maximum absolute atomic E-state index is 11.7. The molecule has 17 heavy (non-hydrogen) atoms. The van der Waals surface area contributed by atoms with Crippen LogP contribution in [0.5, 0.6) is 0 Å². The molecule has 0 bridgehead atoms. The Balaban J connectivity index is 2.31. The molecule has 0 spiro atoms. The van der Waals surface area contributed by atoms with Crippen LogP contribution in [-0.4, -0.2) is 44.5 Å². The molecule has 0 saturated carbocycles. The fraction of sp³-hybridized carbons (Fsp3) is 0.600. The van der Waals surface area contributed by atoms with Crippen molar-refractivity contribution in [3.05, 3.63) is 18.5 Å². The van der Waals surface area contributed by atoms with E-state index in [4.69, 9.17) is 9.84 Å². The van der Waals surface area contributed by atoms with E-state index in [2.05, 4.69) is 4.72 Å². The number of sulfonamides is 1. The van der Waals surface area contributed by atoms with Gasteiger partial charge in [0, 0.05) is 32.6 Å². The Hall–Kier alpha value is -0.890. The molecule has 0 aliphatic rings. The number of hydrogen-bond donors (Lipinski definition) is 2. The molecule has 7 heteroatoms. The van der Waals surface area contributed by atoms with Gasteiger partial charge in [-0.1, -0.05) is 0 Å². The highest BCUT2D eigenvalue weighted by Gasteiger charge is 2.13. The van der Waals surface area contributed by atoms with Crippen LogP contribution in [0, 0.1) is 0 Å². The minimum absolute atomic E-state index is 0.0181. The SMILES string of the molecule is Cn1ccc(S(=O)(=O)NCCCOCCO)c1. The lowest BCUT2D eigenvalue weighted by Crippen LogP contribution is -2.25. The van der Waals surface area contributed by atoms with Gasteiger partial charge in [0.05, 0.1) is 18.1 Å². The van der Waals surface area contributed by atoms with Gasteiger partial charge in [0.15, 0.2) is 0 Å². The van der Waals surface area contributed by atoms with Crippen LogP contribution in [0.15, 0.2) is 23.4 Å². The zero-order chi connectivity index (χ0) is 12.7. The van der Waals surface area contributed by atoms with Crippen LogP contribution in [-0.2, 0) is 21.8 Å². The number of aliphatic hydroxyl groups excluding tert-OH is 1. The van der Waals surface area contributed by atoms with Crippen molar-refractivity contribution in [3.8, 4) is 0 Å². The predicted molar refractivity (Wildman–Crippen MR) is 63.1 cm³/mol. The number of aromatic nitrogens is 1. The second-order valence-corrected chi connectivity index (χ2v) is 5.37. The van der Waals surface area contributed by atoms with Crippen molar-refractivity contribution in [2.45, 2.75) is 11.3 Å². The maximum atomic E-state index is 11.7. The van der Waals surface area contributed by atoms with E-state index < -0.39 is 10.0 Å². The van der Waals surface area contributed by atoms with Crippen LogP contribution in [0.1, 0.15) is 6.42 Å². The van der Waals surface area contributed by atoms with Crippen molar-refractivity contribution < 1.29 is 18.3 Å². The van der Waals surface area contributed by atoms with Crippen molar-refractivity contribution in [1.82, 2.24) is 9.29 Å². The second-order valence-electron chi connectivity index (χ2n) is 3.60. The zero-order valence-electron chi connectivity index (χ0n) is 9.80. The summed E-state index contributed by atoms with van der Waals surface area (Å²) < 4.78 is 32.6. The first-order valence-corrected chi connectivity index (χ1v) is 6.85. The zero-order valence-corrected chi connectivity index (χ0v) is 10.6. The first-order chi connectivity index (χ1) is 8.06. The van der Waals surface area contributed by atoms with Crippen molar-refractivity contribution in [2.75, 3.05) is 26.4 Å². The Morgan fingerprint density at radius 2 is 2.24 bits per heavy atom. The number of nitrogens with zero attached hydrogens (tertiary/aromatic N) is 1. The maximum Gasteiger partial charge on any atom is 0.242 e. The van der Waals surface area contributed by atoms with E-state index in [0.717, 1.165) is 0 Å². The van der Waals surface area contributed by atoms with Gasteiger partial charge in [-0.3, -0.25) is 0 Å². The highest BCUT2D eigenvalue weighted by molar-refractivity contribution is 7.89. The molecular formula is C10H18N2O4S. The molecule has 0 atom stereocenters. The molecule has 1 rings (SSSR count). The van der Waals surface area contributed by atoms with Crippen molar-refractivity contribution >= 4 is 10.0 Å². The molecule has 98 valence electrons. The monoisotopic (exact) mass is 262 g/mol. The first-order valence-electron chi connectivity index (χ1n) is 5.36. The third kappa shape index (κ3) is 4.86. The molecule has 0 amide bonds. The van der Waals surface area contributed by atoms with Gasteiger partial charge < -0.3 is 14.4 Å². The van der Waals surface area contributed by atoms with E-state index in [-0.39, 0.29) is 18.1 Å². The molecule has 6 nitrogen and oxygen atoms in total. The quantitative estimate of drug-likeness (QED) is 0.630. The summed E-state index contributed by atoms with van der Waals surface area (Å²) >= 11 is 0. The summed E-state index contributed by atoms with van der Waals surface area (Å²) in [6.45, 7) is 1.02. The lowest BCUT2D eigenvalue weighted by Gasteiger charge is -2.05. The summed E-state index contributed by atoms with van der Waals surface area (Å²) in [5, 5.41) is 8.46. The fourth-order valence-corrected chi connectivity index (χ4v) is 2.39. The van der Waals surface area contributed by atoms with E-state index in [1.807, 2.05) is 0 Å². The number of aliphatic hydroxyl groups is 1. The van der Waals surface area contributed by atoms with Crippen LogP contribution in [0.2, 0.25) is 0 Å². The van der Waals surface area contributed by atoms with Crippen LogP contribution in [0.3, 0.4) is 0 Å². The third-order valence-corrected chi connectivity index (χ3v) is 3.55. The average molecular weight is 262 g/mol. The number of rotatable bonds is 8. The smallest absolute Gasteiger partial charge is 0.242 e. The highest BCUT2D eigenvalue weighted by Crippen LogP contribution is 2.07. The van der Waals surface area contributed by atoms with Gasteiger partial charge in [0.2, 0.25) is 10.0 Å². The Labute approximate surface area is 101 Å². The lowest BCUT2D eigenvalue weighted by atomic mass is 10.5. The number of hydrogen-bond acceptors (Lipinski definition) is 4. The van der Waals surface area contributed by atoms with Crippen molar-refractivity contribution in [3.63, 3.8) is 0 Å². The standard InChI is InChI=1S/C10H18N2O4S/c1-12-5-3-10(9-12)17(14,15)11-4-2-7-16-8-6-13/h3,5,9,11,13H,2,4,6-8H2,1H3. The molecule has 0 unspecified atom stereocenters. The molecule has 0 saturated heterocycles. The predicted octanol–water partition coefficient (Wildman–Crippen LogP) is -0.298. The van der Waals surface area contributed by atoms with E-state index >= 15 is 0 Å². The molecule has 1 aromatic rings. The highest BCUT2D eigenvalue weighted by atomic mass is 32.2. The van der Waals surface area contributed by atoms with Gasteiger partial charge >= 0.3 is 0 Å². The number of ether oxygens (including phenoxy) is 1. The van der Waals surface area contributed by atoms with Gasteiger partial charge in [-0.25, -0.2) is 13.1 Å². The molecule has 2 N–H and O–H groups in total. The van der Waals surface area contributed by atoms with Crippen LogP contribution >= 0.6 is 0 Å². The fourth-order valence-electron chi connectivity index (χ4n) is 1.27. The molecule has 0 aliphatic carbocycles. The minimum atomic E-state index is -3.41. The van der Waals surface area contributed by atoms with Gasteiger partial charge in [-0.15, -0.1) is 0 Å². The second kappa shape index (κ2) is 6.75. The summed E-state index contributed by atoms with van der Waals surface area (Å²) in [7, 11) is -1.64. The third-order valence-electron chi connectivity index (χ3n) is 2.11. The molecule has 0 radical (unpaired) electrons. The van der Waals surface area contributed by atoms with Crippen LogP contribution in [0.25, 0.3) is 0 Å². The Kier molecular flexibility index (Phi) is 5.63. The van der Waals surface area contributed by atoms with E-state index in [0.29, 0.717) is 19.6 Å². The van der Waals surface area contributed by atoms with Crippen molar-refractivity contribution in [2.24, 2.45) is 7.05 Å². The summed E-state index contributed by atoms with van der Waals surface area (Å²) in [4.78, 5) is 0.260. The van der Waals surface area contributed by atoms with E-state index in [9.17, 15) is 8.42 Å². The molecule has 0 aliphatic heterocycles. The van der Waals surface area contributed by atoms with Gasteiger partial charge in [-0.05, 0) is 12.5 Å². The summed E-state index contributed by atoms with van der Waals surface area (Å²) in [5.41, 5.74) is 0. The van der Waals surface area contributed by atoms with Crippen molar-refractivity contribution in [1.29, 1.82) is 0 Å². The summed E-state index contributed by atoms with van der Waals surface area (Å²) in [5.74, 6) is 0. The lowest BCUT2D eigenvalue weighted by molar-refractivity contribution is 0.0913. The molecular weight excluding hydrogens is 244 g/mol. The minimum Gasteiger partial charge on any atom is -0.394 e. The molecule has 1 aromatic heterocycles. The van der Waals surface area contributed by atoms with E-state index in [1.165, 1.54) is 0 Å². The largest absolute Gasteiger partial charge is 0.394 e. The topological polar surface area (TPSA) is 80.6 Å². The Morgan fingerprint density at radius 3 is 2.82 bits per heavy atom. The summed E-state index contributed by atoms with van der Waals surface area (Å²) in [6.07, 6.45) is 3.80. The van der Waals surface area contributed by atoms with Gasteiger partial charge in [0.25, 0.3) is 0 Å². The molecule has 0 fully saturated rings. The van der Waals surface area contributed by atoms with Crippen LogP contribution in [0.4, 0.5) is 0 Å². The number of aryl methyl sites for hydroxylation is 1. The first kappa shape index (κ1) is 14.2. The van der Waals surface area contributed by atoms with Gasteiger partial charge in [-0.2, -0.15) is 0 Å². The Morgan fingerprint density at radius 1 is 1.47 bits per heavy atom. The average Bonchev–Trinajstić information content (AvgIpc) is 2.71. The molecule has 0 aromatic carbocycles. The van der Waals surface area contributed by atoms with E-state index in [1.54, 1.807) is 30.1 Å². The normalized spacial score (nSPS) is 11.9. The number of nitrogens with one attached hydrogen (secondary N) is 1. The van der Waals surface area contributed by atoms with Gasteiger partial charge in [0.1, 0.15) is 0 Å². The summed E-state index contributed by atoms with van der Waals surface area (Å²) in [6, 6.07) is 1.55. The Bertz CT molecular complexity index is 427. The molecule has 1 heterocycles. The van der Waals surface area contributed by atoms with Crippen LogP contribution < -0.4 is 4.72 Å².